The molecule has 1 aliphatic rings. The van der Waals surface area contributed by atoms with Gasteiger partial charge in [-0.2, -0.15) is 5.10 Å². The van der Waals surface area contributed by atoms with Crippen LogP contribution in [-0.4, -0.2) is 38.0 Å². The molecule has 0 spiro atoms. The van der Waals surface area contributed by atoms with Gasteiger partial charge in [0.15, 0.2) is 5.60 Å². The highest BCUT2D eigenvalue weighted by molar-refractivity contribution is 5.99. The lowest BCUT2D eigenvalue weighted by Gasteiger charge is -2.19. The lowest BCUT2D eigenvalue weighted by atomic mass is 9.86. The Morgan fingerprint density at radius 1 is 1.34 bits per heavy atom. The molecule has 6 nitrogen and oxygen atoms in total. The third-order valence-electron chi connectivity index (χ3n) is 6.65. The zero-order valence-corrected chi connectivity index (χ0v) is 18.6. The van der Waals surface area contributed by atoms with E-state index in [0.717, 1.165) is 38.8 Å². The van der Waals surface area contributed by atoms with Crippen LogP contribution < -0.4 is 0 Å². The van der Waals surface area contributed by atoms with Crippen LogP contribution in [0.1, 0.15) is 55.8 Å². The minimum atomic E-state index is -1.21. The number of H-pyrrole nitrogens is 1. The zero-order valence-electron chi connectivity index (χ0n) is 18.6. The zero-order chi connectivity index (χ0) is 22.8. The molecule has 0 bridgehead atoms. The molecule has 2 N–H and O–H groups in total. The fraction of sp³-hybridized carbons (Fsp3) is 0.360. The summed E-state index contributed by atoms with van der Waals surface area (Å²) in [6.45, 7) is 8.00. The first kappa shape index (κ1) is 20.7. The second kappa shape index (κ2) is 7.17. The number of hydrogen-bond acceptors (Lipinski definition) is 3. The summed E-state index contributed by atoms with van der Waals surface area (Å²) in [6, 6.07) is 9.33. The van der Waals surface area contributed by atoms with Crippen LogP contribution in [0.4, 0.5) is 4.39 Å². The number of ether oxygens (including phenoxy) is 1. The Bertz CT molecular complexity index is 1370. The van der Waals surface area contributed by atoms with Gasteiger partial charge in [0.2, 0.25) is 0 Å². The first-order valence-electron chi connectivity index (χ1n) is 10.8. The summed E-state index contributed by atoms with van der Waals surface area (Å²) in [5.74, 6) is -1.11. The molecule has 2 aromatic heterocycles. The van der Waals surface area contributed by atoms with Gasteiger partial charge in [-0.1, -0.05) is 13.8 Å². The molecule has 0 aliphatic carbocycles. The summed E-state index contributed by atoms with van der Waals surface area (Å²) < 4.78 is 22.1. The summed E-state index contributed by atoms with van der Waals surface area (Å²) >= 11 is 0. The lowest BCUT2D eigenvalue weighted by molar-refractivity contribution is -0.157. The molecule has 1 saturated heterocycles. The van der Waals surface area contributed by atoms with Gasteiger partial charge < -0.3 is 14.4 Å². The molecule has 1 aliphatic heterocycles. The Balaban J connectivity index is 1.84. The molecule has 32 heavy (non-hydrogen) atoms. The van der Waals surface area contributed by atoms with Gasteiger partial charge in [-0.05, 0) is 67.6 Å². The van der Waals surface area contributed by atoms with Gasteiger partial charge in [0.25, 0.3) is 0 Å². The molecule has 7 heteroatoms. The van der Waals surface area contributed by atoms with Gasteiger partial charge in [0.1, 0.15) is 5.82 Å². The van der Waals surface area contributed by atoms with E-state index in [4.69, 9.17) is 4.74 Å². The molecule has 1 fully saturated rings. The number of carboxylic acid groups (broad SMARTS) is 1. The van der Waals surface area contributed by atoms with Gasteiger partial charge in [-0.3, -0.25) is 5.10 Å². The summed E-state index contributed by atoms with van der Waals surface area (Å²) in [6.07, 6.45) is 2.18. The van der Waals surface area contributed by atoms with E-state index in [1.165, 1.54) is 6.07 Å². The number of nitrogens with one attached hydrogen (secondary N) is 1. The fourth-order valence-electron chi connectivity index (χ4n) is 5.02. The predicted molar refractivity (Wildman–Crippen MR) is 121 cm³/mol. The standard InChI is InChI=1S/C25H26FN3O3/c1-13(2)23-22(16-10-25(4,24(30)31)32-12-16)18-9-20-15(11-27-28-20)8-21(18)29(23)17-5-6-19(26)14(3)7-17/h5-9,11,13,16H,10,12H2,1-4H3,(H,27,28)(H,30,31)/t16-,25+/m1/s1. The Morgan fingerprint density at radius 2 is 2.12 bits per heavy atom. The van der Waals surface area contributed by atoms with Crippen molar-refractivity contribution >= 4 is 27.8 Å². The largest absolute Gasteiger partial charge is 0.479 e. The van der Waals surface area contributed by atoms with Crippen LogP contribution in [-0.2, 0) is 9.53 Å². The van der Waals surface area contributed by atoms with Gasteiger partial charge in [-0.25, -0.2) is 9.18 Å². The molecule has 0 radical (unpaired) electrons. The summed E-state index contributed by atoms with van der Waals surface area (Å²) in [4.78, 5) is 11.8. The number of aromatic amines is 1. The van der Waals surface area contributed by atoms with Crippen molar-refractivity contribution < 1.29 is 19.0 Å². The Hall–Kier alpha value is -3.19. The van der Waals surface area contributed by atoms with Crippen LogP contribution in [0.3, 0.4) is 0 Å². The monoisotopic (exact) mass is 435 g/mol. The van der Waals surface area contributed by atoms with E-state index in [2.05, 4.69) is 40.7 Å². The highest BCUT2D eigenvalue weighted by atomic mass is 19.1. The number of carbonyl (C=O) groups is 1. The number of rotatable bonds is 4. The number of fused-ring (bicyclic) bond motifs is 2. The molecule has 3 heterocycles. The van der Waals surface area contributed by atoms with E-state index < -0.39 is 11.6 Å². The number of benzene rings is 2. The molecule has 0 amide bonds. The first-order chi connectivity index (χ1) is 15.2. The molecule has 2 aromatic carbocycles. The Morgan fingerprint density at radius 3 is 2.78 bits per heavy atom. The smallest absolute Gasteiger partial charge is 0.335 e. The average molecular weight is 435 g/mol. The second-order valence-electron chi connectivity index (χ2n) is 9.30. The van der Waals surface area contributed by atoms with Crippen LogP contribution in [0.25, 0.3) is 27.5 Å². The molecule has 0 unspecified atom stereocenters. The maximum absolute atomic E-state index is 14.1. The molecule has 2 atom stereocenters. The first-order valence-corrected chi connectivity index (χ1v) is 10.8. The average Bonchev–Trinajstić information content (AvgIpc) is 3.43. The number of hydrogen-bond donors (Lipinski definition) is 2. The van der Waals surface area contributed by atoms with Crippen molar-refractivity contribution in [2.45, 2.75) is 51.6 Å². The molecular formula is C25H26FN3O3. The van der Waals surface area contributed by atoms with Crippen LogP contribution in [0.5, 0.6) is 0 Å². The second-order valence-corrected chi connectivity index (χ2v) is 9.30. The summed E-state index contributed by atoms with van der Waals surface area (Å²) in [7, 11) is 0. The number of halogens is 1. The van der Waals surface area contributed by atoms with Crippen LogP contribution >= 0.6 is 0 Å². The predicted octanol–water partition coefficient (Wildman–Crippen LogP) is 5.42. The SMILES string of the molecule is Cc1cc(-n2c(C(C)C)c([C@H]3CO[C@](C)(C(=O)O)C3)c3cc4[nH]ncc4cc32)ccc1F. The normalized spacial score (nSPS) is 21.2. The number of carboxylic acids is 1. The van der Waals surface area contributed by atoms with Crippen LogP contribution in [0, 0.1) is 12.7 Å². The molecule has 5 rings (SSSR count). The van der Waals surface area contributed by atoms with E-state index in [1.54, 1.807) is 26.1 Å². The highest BCUT2D eigenvalue weighted by Gasteiger charge is 2.45. The maximum atomic E-state index is 14.1. The van der Waals surface area contributed by atoms with Crippen molar-refractivity contribution in [3.63, 3.8) is 0 Å². The molecule has 0 saturated carbocycles. The van der Waals surface area contributed by atoms with E-state index >= 15 is 0 Å². The van der Waals surface area contributed by atoms with Crippen molar-refractivity contribution in [1.29, 1.82) is 0 Å². The topological polar surface area (TPSA) is 80.1 Å². The van der Waals surface area contributed by atoms with Crippen molar-refractivity contribution in [3.05, 3.63) is 59.2 Å². The summed E-state index contributed by atoms with van der Waals surface area (Å²) in [5.41, 5.74) is 4.35. The van der Waals surface area contributed by atoms with Crippen molar-refractivity contribution in [1.82, 2.24) is 14.8 Å². The quantitative estimate of drug-likeness (QED) is 0.448. The molecule has 166 valence electrons. The van der Waals surface area contributed by atoms with Gasteiger partial charge in [0.05, 0.1) is 23.8 Å². The number of aryl methyl sites for hydroxylation is 1. The van der Waals surface area contributed by atoms with Gasteiger partial charge >= 0.3 is 5.97 Å². The molecular weight excluding hydrogens is 409 g/mol. The highest BCUT2D eigenvalue weighted by Crippen LogP contribution is 2.45. The number of aromatic nitrogens is 3. The number of aliphatic carboxylic acids is 1. The van der Waals surface area contributed by atoms with E-state index in [-0.39, 0.29) is 17.7 Å². The van der Waals surface area contributed by atoms with Crippen LogP contribution in [0.2, 0.25) is 0 Å². The lowest BCUT2D eigenvalue weighted by Crippen LogP contribution is -2.34. The third-order valence-corrected chi connectivity index (χ3v) is 6.65. The van der Waals surface area contributed by atoms with E-state index in [9.17, 15) is 14.3 Å². The van der Waals surface area contributed by atoms with E-state index in [0.29, 0.717) is 18.6 Å². The van der Waals surface area contributed by atoms with Gasteiger partial charge in [-0.15, -0.1) is 0 Å². The van der Waals surface area contributed by atoms with Crippen LogP contribution in [0.15, 0.2) is 36.5 Å². The number of nitrogens with zero attached hydrogens (tertiary/aromatic N) is 2. The van der Waals surface area contributed by atoms with Crippen molar-refractivity contribution in [3.8, 4) is 5.69 Å². The maximum Gasteiger partial charge on any atom is 0.335 e. The molecule has 4 aromatic rings. The minimum Gasteiger partial charge on any atom is -0.479 e. The Kier molecular flexibility index (Phi) is 4.64. The Labute approximate surface area is 185 Å². The van der Waals surface area contributed by atoms with Gasteiger partial charge in [0, 0.05) is 28.1 Å². The van der Waals surface area contributed by atoms with Crippen molar-refractivity contribution in [2.75, 3.05) is 6.61 Å². The summed E-state index contributed by atoms with van der Waals surface area (Å²) in [5, 5.41) is 18.9. The van der Waals surface area contributed by atoms with E-state index in [1.807, 2.05) is 6.07 Å². The third kappa shape index (κ3) is 3.03. The minimum absolute atomic E-state index is 0.0702. The van der Waals surface area contributed by atoms with Crippen molar-refractivity contribution in [2.24, 2.45) is 0 Å². The fourth-order valence-corrected chi connectivity index (χ4v) is 5.02.